The Morgan fingerprint density at radius 1 is 1.19 bits per heavy atom. The molecular formula is C18H25N5O2S. The molecule has 0 unspecified atom stereocenters. The predicted octanol–water partition coefficient (Wildman–Crippen LogP) is 1.12. The Balaban J connectivity index is 1.77. The maximum Gasteiger partial charge on any atom is 0.240 e. The van der Waals surface area contributed by atoms with Crippen LogP contribution >= 0.6 is 0 Å². The van der Waals surface area contributed by atoms with E-state index in [4.69, 9.17) is 5.73 Å². The molecule has 1 aromatic carbocycles. The van der Waals surface area contributed by atoms with Crippen molar-refractivity contribution in [2.24, 2.45) is 10.7 Å². The molecule has 2 rings (SSSR count). The molecular weight excluding hydrogens is 350 g/mol. The highest BCUT2D eigenvalue weighted by molar-refractivity contribution is 7.89. The van der Waals surface area contributed by atoms with Crippen molar-refractivity contribution in [2.75, 3.05) is 19.6 Å². The summed E-state index contributed by atoms with van der Waals surface area (Å²) in [6, 6.07) is 11.1. The fraction of sp³-hybridized carbons (Fsp3) is 0.333. The van der Waals surface area contributed by atoms with E-state index < -0.39 is 10.0 Å². The molecule has 4 N–H and O–H groups in total. The van der Waals surface area contributed by atoms with E-state index in [2.05, 4.69) is 20.0 Å². The Labute approximate surface area is 154 Å². The van der Waals surface area contributed by atoms with E-state index >= 15 is 0 Å². The van der Waals surface area contributed by atoms with Crippen molar-refractivity contribution in [3.63, 3.8) is 0 Å². The molecule has 0 bridgehead atoms. The molecule has 1 heterocycles. The van der Waals surface area contributed by atoms with Gasteiger partial charge in [0.1, 0.15) is 0 Å². The van der Waals surface area contributed by atoms with E-state index in [-0.39, 0.29) is 19.0 Å². The number of aromatic nitrogens is 1. The van der Waals surface area contributed by atoms with Gasteiger partial charge in [0.2, 0.25) is 10.0 Å². The van der Waals surface area contributed by atoms with Gasteiger partial charge in [-0.2, -0.15) is 0 Å². The lowest BCUT2D eigenvalue weighted by molar-refractivity contribution is 0.581. The highest BCUT2D eigenvalue weighted by Crippen LogP contribution is 2.16. The molecule has 0 aliphatic carbocycles. The first-order valence-electron chi connectivity index (χ1n) is 8.39. The number of hydrogen-bond donors (Lipinski definition) is 3. The first kappa shape index (κ1) is 19.9. The Morgan fingerprint density at radius 2 is 2.00 bits per heavy atom. The number of aliphatic imine (C=N–C) groups is 1. The number of nitrogens with two attached hydrogens (primary N) is 1. The topological polar surface area (TPSA) is 109 Å². The minimum atomic E-state index is -3.55. The number of sulfonamides is 1. The second-order valence-electron chi connectivity index (χ2n) is 5.93. The van der Waals surface area contributed by atoms with Crippen LogP contribution < -0.4 is 15.8 Å². The van der Waals surface area contributed by atoms with E-state index in [0.717, 1.165) is 17.7 Å². The van der Waals surface area contributed by atoms with E-state index in [1.807, 2.05) is 31.2 Å². The van der Waals surface area contributed by atoms with Crippen LogP contribution in [0.3, 0.4) is 0 Å². The van der Waals surface area contributed by atoms with Gasteiger partial charge in [0, 0.05) is 31.4 Å². The quantitative estimate of drug-likeness (QED) is 0.364. The van der Waals surface area contributed by atoms with Gasteiger partial charge in [-0.15, -0.1) is 0 Å². The third-order valence-electron chi connectivity index (χ3n) is 3.73. The summed E-state index contributed by atoms with van der Waals surface area (Å²) < 4.78 is 27.3. The van der Waals surface area contributed by atoms with Crippen LogP contribution in [-0.2, 0) is 16.4 Å². The molecule has 7 nitrogen and oxygen atoms in total. The first-order chi connectivity index (χ1) is 12.4. The van der Waals surface area contributed by atoms with Crippen LogP contribution in [0.25, 0.3) is 0 Å². The van der Waals surface area contributed by atoms with Gasteiger partial charge in [-0.25, -0.2) is 13.1 Å². The molecule has 0 saturated carbocycles. The zero-order valence-electron chi connectivity index (χ0n) is 15.1. The minimum Gasteiger partial charge on any atom is -0.370 e. The van der Waals surface area contributed by atoms with Crippen molar-refractivity contribution >= 4 is 16.0 Å². The SMILES string of the molecule is Cc1ccc(C)c(S(=O)(=O)NCCN=C(N)NCCc2ccccn2)c1. The molecule has 0 spiro atoms. The largest absolute Gasteiger partial charge is 0.370 e. The van der Waals surface area contributed by atoms with Crippen LogP contribution in [0.4, 0.5) is 0 Å². The summed E-state index contributed by atoms with van der Waals surface area (Å²) in [5, 5.41) is 2.99. The van der Waals surface area contributed by atoms with Gasteiger partial charge < -0.3 is 11.1 Å². The lowest BCUT2D eigenvalue weighted by Gasteiger charge is -2.10. The third-order valence-corrected chi connectivity index (χ3v) is 5.34. The second-order valence-corrected chi connectivity index (χ2v) is 7.67. The van der Waals surface area contributed by atoms with E-state index in [9.17, 15) is 8.42 Å². The fourth-order valence-electron chi connectivity index (χ4n) is 2.35. The number of hydrogen-bond acceptors (Lipinski definition) is 4. The Morgan fingerprint density at radius 3 is 2.73 bits per heavy atom. The number of nitrogens with one attached hydrogen (secondary N) is 2. The number of rotatable bonds is 8. The molecule has 140 valence electrons. The van der Waals surface area contributed by atoms with Gasteiger partial charge >= 0.3 is 0 Å². The summed E-state index contributed by atoms with van der Waals surface area (Å²) in [6.07, 6.45) is 2.48. The van der Waals surface area contributed by atoms with Gasteiger partial charge in [-0.1, -0.05) is 18.2 Å². The average Bonchev–Trinajstić information content (AvgIpc) is 2.62. The number of aryl methyl sites for hydroxylation is 2. The van der Waals surface area contributed by atoms with Crippen molar-refractivity contribution in [1.82, 2.24) is 15.0 Å². The van der Waals surface area contributed by atoms with Crippen molar-refractivity contribution in [3.05, 3.63) is 59.4 Å². The predicted molar refractivity (Wildman–Crippen MR) is 104 cm³/mol. The molecule has 0 amide bonds. The average molecular weight is 375 g/mol. The summed E-state index contributed by atoms with van der Waals surface area (Å²) in [6.45, 7) is 4.68. The number of nitrogens with zero attached hydrogens (tertiary/aromatic N) is 2. The lowest BCUT2D eigenvalue weighted by Crippen LogP contribution is -2.34. The molecule has 0 saturated heterocycles. The third kappa shape index (κ3) is 6.12. The van der Waals surface area contributed by atoms with Crippen LogP contribution in [0.15, 0.2) is 52.5 Å². The van der Waals surface area contributed by atoms with Gasteiger partial charge in [0.15, 0.2) is 5.96 Å². The van der Waals surface area contributed by atoms with Gasteiger partial charge in [0.25, 0.3) is 0 Å². The maximum atomic E-state index is 12.4. The highest BCUT2D eigenvalue weighted by Gasteiger charge is 2.15. The zero-order valence-corrected chi connectivity index (χ0v) is 15.9. The standard InChI is InChI=1S/C18H25N5O2S/c1-14-6-7-15(2)17(13-14)26(24,25)23-12-11-22-18(19)21-10-8-16-5-3-4-9-20-16/h3-7,9,13,23H,8,10-12H2,1-2H3,(H3,19,21,22). The molecule has 8 heteroatoms. The van der Waals surface area contributed by atoms with Crippen LogP contribution in [-0.4, -0.2) is 39.0 Å². The van der Waals surface area contributed by atoms with Gasteiger partial charge in [0.05, 0.1) is 11.4 Å². The fourth-order valence-corrected chi connectivity index (χ4v) is 3.70. The summed E-state index contributed by atoms with van der Waals surface area (Å²) >= 11 is 0. The maximum absolute atomic E-state index is 12.4. The summed E-state index contributed by atoms with van der Waals surface area (Å²) in [7, 11) is -3.55. The monoisotopic (exact) mass is 375 g/mol. The van der Waals surface area contributed by atoms with Crippen LogP contribution in [0, 0.1) is 13.8 Å². The number of pyridine rings is 1. The Hall–Kier alpha value is -2.45. The number of benzene rings is 1. The van der Waals surface area contributed by atoms with E-state index in [1.165, 1.54) is 0 Å². The summed E-state index contributed by atoms with van der Waals surface area (Å²) in [5.41, 5.74) is 8.36. The molecule has 0 fully saturated rings. The summed E-state index contributed by atoms with van der Waals surface area (Å²) in [5.74, 6) is 0.284. The van der Waals surface area contributed by atoms with Gasteiger partial charge in [-0.05, 0) is 43.2 Å². The molecule has 2 aromatic rings. The van der Waals surface area contributed by atoms with Crippen LogP contribution in [0.1, 0.15) is 16.8 Å². The normalized spacial score (nSPS) is 12.2. The molecule has 0 radical (unpaired) electrons. The molecule has 0 aliphatic rings. The van der Waals surface area contributed by atoms with Crippen molar-refractivity contribution in [1.29, 1.82) is 0 Å². The van der Waals surface area contributed by atoms with E-state index in [0.29, 0.717) is 17.0 Å². The first-order valence-corrected chi connectivity index (χ1v) is 9.87. The highest BCUT2D eigenvalue weighted by atomic mass is 32.2. The van der Waals surface area contributed by atoms with Crippen LogP contribution in [0.5, 0.6) is 0 Å². The van der Waals surface area contributed by atoms with Crippen molar-refractivity contribution < 1.29 is 8.42 Å². The Kier molecular flexibility index (Phi) is 7.11. The second kappa shape index (κ2) is 9.30. The van der Waals surface area contributed by atoms with Crippen molar-refractivity contribution in [2.45, 2.75) is 25.2 Å². The number of guanidine groups is 1. The summed E-state index contributed by atoms with van der Waals surface area (Å²) in [4.78, 5) is 8.65. The van der Waals surface area contributed by atoms with Gasteiger partial charge in [-0.3, -0.25) is 9.98 Å². The Bertz CT molecular complexity index is 851. The zero-order chi connectivity index (χ0) is 19.0. The molecule has 26 heavy (non-hydrogen) atoms. The lowest BCUT2D eigenvalue weighted by atomic mass is 10.2. The molecule has 1 aromatic heterocycles. The minimum absolute atomic E-state index is 0.179. The molecule has 0 atom stereocenters. The van der Waals surface area contributed by atoms with E-state index in [1.54, 1.807) is 25.3 Å². The van der Waals surface area contributed by atoms with Crippen LogP contribution in [0.2, 0.25) is 0 Å². The smallest absolute Gasteiger partial charge is 0.240 e. The van der Waals surface area contributed by atoms with Crippen molar-refractivity contribution in [3.8, 4) is 0 Å². The molecule has 0 aliphatic heterocycles.